The Kier molecular flexibility index (Phi) is 6.32. The minimum atomic E-state index is -0.0597. The zero-order valence-corrected chi connectivity index (χ0v) is 8.96. The fourth-order valence-corrected chi connectivity index (χ4v) is 1.05. The van der Waals surface area contributed by atoms with Gasteiger partial charge in [-0.3, -0.25) is 0 Å². The highest BCUT2D eigenvalue weighted by Gasteiger charge is 2.11. The summed E-state index contributed by atoms with van der Waals surface area (Å²) in [6.07, 6.45) is 2.00. The number of nitrogens with one attached hydrogen (secondary N) is 1. The average Bonchev–Trinajstić information content (AvgIpc) is 2.05. The second-order valence-electron chi connectivity index (χ2n) is 3.28. The van der Waals surface area contributed by atoms with Crippen molar-refractivity contribution in [2.75, 3.05) is 27.8 Å². The van der Waals surface area contributed by atoms with E-state index in [0.717, 1.165) is 12.8 Å². The lowest BCUT2D eigenvalue weighted by Crippen LogP contribution is -2.43. The van der Waals surface area contributed by atoms with Crippen LogP contribution in [-0.2, 0) is 4.74 Å². The number of methoxy groups -OCH3 is 1. The third kappa shape index (κ3) is 5.47. The summed E-state index contributed by atoms with van der Waals surface area (Å²) in [6.45, 7) is 2.66. The van der Waals surface area contributed by atoms with Crippen LogP contribution in [0.4, 0.5) is 4.79 Å². The van der Waals surface area contributed by atoms with Crippen molar-refractivity contribution in [3.8, 4) is 0 Å². The molecule has 0 aliphatic heterocycles. The Morgan fingerprint density at radius 3 is 2.54 bits per heavy atom. The highest BCUT2D eigenvalue weighted by Crippen LogP contribution is 1.97. The lowest BCUT2D eigenvalue weighted by Gasteiger charge is -2.20. The van der Waals surface area contributed by atoms with Crippen LogP contribution in [-0.4, -0.2) is 44.8 Å². The van der Waals surface area contributed by atoms with Crippen LogP contribution in [0.5, 0.6) is 0 Å². The molecule has 0 spiro atoms. The van der Waals surface area contributed by atoms with Gasteiger partial charge in [0, 0.05) is 21.2 Å². The Morgan fingerprint density at radius 2 is 2.15 bits per heavy atom. The summed E-state index contributed by atoms with van der Waals surface area (Å²) in [5.74, 6) is 0. The molecule has 0 saturated carbocycles. The van der Waals surface area contributed by atoms with Crippen molar-refractivity contribution in [3.05, 3.63) is 0 Å². The van der Waals surface area contributed by atoms with E-state index in [-0.39, 0.29) is 12.1 Å². The number of hydrogen-bond donors (Lipinski definition) is 1. The van der Waals surface area contributed by atoms with Gasteiger partial charge in [0.05, 0.1) is 12.6 Å². The third-order valence-corrected chi connectivity index (χ3v) is 1.74. The predicted octanol–water partition coefficient (Wildman–Crippen LogP) is 1.07. The molecule has 0 aromatic heterocycles. The zero-order chi connectivity index (χ0) is 10.3. The second-order valence-corrected chi connectivity index (χ2v) is 3.28. The Hall–Kier alpha value is -0.770. The van der Waals surface area contributed by atoms with Crippen LogP contribution in [0.1, 0.15) is 19.8 Å². The van der Waals surface area contributed by atoms with E-state index in [1.807, 2.05) is 0 Å². The van der Waals surface area contributed by atoms with E-state index < -0.39 is 0 Å². The van der Waals surface area contributed by atoms with Crippen LogP contribution in [0.25, 0.3) is 0 Å². The number of nitrogens with zero attached hydrogens (tertiary/aromatic N) is 1. The van der Waals surface area contributed by atoms with Crippen LogP contribution in [0, 0.1) is 0 Å². The molecule has 4 heteroatoms. The van der Waals surface area contributed by atoms with E-state index in [1.165, 1.54) is 4.90 Å². The lowest BCUT2D eigenvalue weighted by atomic mass is 10.2. The van der Waals surface area contributed by atoms with Gasteiger partial charge < -0.3 is 15.0 Å². The molecule has 1 unspecified atom stereocenters. The van der Waals surface area contributed by atoms with Crippen molar-refractivity contribution in [3.63, 3.8) is 0 Å². The molecule has 0 saturated heterocycles. The van der Waals surface area contributed by atoms with Crippen molar-refractivity contribution < 1.29 is 9.53 Å². The number of ether oxygens (including phenoxy) is 1. The lowest BCUT2D eigenvalue weighted by molar-refractivity contribution is 0.156. The quantitative estimate of drug-likeness (QED) is 0.701. The molecule has 0 aromatic carbocycles. The first-order valence-electron chi connectivity index (χ1n) is 4.58. The summed E-state index contributed by atoms with van der Waals surface area (Å²) in [6, 6.07) is 0.0698. The van der Waals surface area contributed by atoms with E-state index in [2.05, 4.69) is 12.2 Å². The van der Waals surface area contributed by atoms with E-state index in [0.29, 0.717) is 6.61 Å². The second kappa shape index (κ2) is 6.71. The number of urea groups is 1. The maximum absolute atomic E-state index is 11.3. The van der Waals surface area contributed by atoms with Crippen molar-refractivity contribution >= 4 is 6.03 Å². The van der Waals surface area contributed by atoms with Crippen LogP contribution in [0.3, 0.4) is 0 Å². The Bertz CT molecular complexity index is 143. The summed E-state index contributed by atoms with van der Waals surface area (Å²) in [4.78, 5) is 12.8. The fraction of sp³-hybridized carbons (Fsp3) is 0.889. The molecule has 0 radical (unpaired) electrons. The number of hydrogen-bond acceptors (Lipinski definition) is 2. The standard InChI is InChI=1S/C9H20N2O2/c1-5-6-8(7-13-4)10-9(12)11(2)3/h8H,5-7H2,1-4H3,(H,10,12). The van der Waals surface area contributed by atoms with E-state index in [1.54, 1.807) is 21.2 Å². The van der Waals surface area contributed by atoms with Crippen LogP contribution in [0.15, 0.2) is 0 Å². The fourth-order valence-electron chi connectivity index (χ4n) is 1.05. The normalized spacial score (nSPS) is 12.3. The first-order chi connectivity index (χ1) is 6.11. The van der Waals surface area contributed by atoms with E-state index in [4.69, 9.17) is 4.74 Å². The largest absolute Gasteiger partial charge is 0.383 e. The number of amides is 2. The summed E-state index contributed by atoms with van der Waals surface area (Å²) >= 11 is 0. The molecule has 0 aliphatic carbocycles. The molecule has 1 atom stereocenters. The molecule has 4 nitrogen and oxygen atoms in total. The van der Waals surface area contributed by atoms with Crippen molar-refractivity contribution in [1.82, 2.24) is 10.2 Å². The Labute approximate surface area is 80.2 Å². The zero-order valence-electron chi connectivity index (χ0n) is 8.96. The van der Waals surface area contributed by atoms with Crippen molar-refractivity contribution in [1.29, 1.82) is 0 Å². The molecule has 1 N–H and O–H groups in total. The highest BCUT2D eigenvalue weighted by molar-refractivity contribution is 5.73. The van der Waals surface area contributed by atoms with Gasteiger partial charge in [-0.1, -0.05) is 13.3 Å². The molecular weight excluding hydrogens is 168 g/mol. The van der Waals surface area contributed by atoms with Gasteiger partial charge in [-0.05, 0) is 6.42 Å². The first-order valence-corrected chi connectivity index (χ1v) is 4.58. The summed E-state index contributed by atoms with van der Waals surface area (Å²) in [5.41, 5.74) is 0. The van der Waals surface area contributed by atoms with Gasteiger partial charge in [0.25, 0.3) is 0 Å². The van der Waals surface area contributed by atoms with Gasteiger partial charge in [0.15, 0.2) is 0 Å². The molecular formula is C9H20N2O2. The predicted molar refractivity (Wildman–Crippen MR) is 52.8 cm³/mol. The van der Waals surface area contributed by atoms with Gasteiger partial charge >= 0.3 is 6.03 Å². The van der Waals surface area contributed by atoms with Crippen LogP contribution >= 0.6 is 0 Å². The molecule has 2 amide bonds. The van der Waals surface area contributed by atoms with Gasteiger partial charge in [-0.2, -0.15) is 0 Å². The molecule has 78 valence electrons. The van der Waals surface area contributed by atoms with Gasteiger partial charge in [-0.15, -0.1) is 0 Å². The van der Waals surface area contributed by atoms with Crippen molar-refractivity contribution in [2.24, 2.45) is 0 Å². The molecule has 0 bridgehead atoms. The molecule has 0 fully saturated rings. The highest BCUT2D eigenvalue weighted by atomic mass is 16.5. The molecule has 0 aromatic rings. The van der Waals surface area contributed by atoms with Gasteiger partial charge in [-0.25, -0.2) is 4.79 Å². The summed E-state index contributed by atoms with van der Waals surface area (Å²) < 4.78 is 5.00. The van der Waals surface area contributed by atoms with Gasteiger partial charge in [0.2, 0.25) is 0 Å². The van der Waals surface area contributed by atoms with Crippen LogP contribution < -0.4 is 5.32 Å². The summed E-state index contributed by atoms with van der Waals surface area (Å²) in [7, 11) is 5.10. The first kappa shape index (κ1) is 12.2. The van der Waals surface area contributed by atoms with Crippen molar-refractivity contribution in [2.45, 2.75) is 25.8 Å². The summed E-state index contributed by atoms with van der Waals surface area (Å²) in [5, 5.41) is 2.88. The van der Waals surface area contributed by atoms with Crippen LogP contribution in [0.2, 0.25) is 0 Å². The van der Waals surface area contributed by atoms with E-state index in [9.17, 15) is 4.79 Å². The number of rotatable bonds is 5. The third-order valence-electron chi connectivity index (χ3n) is 1.74. The monoisotopic (exact) mass is 188 g/mol. The average molecular weight is 188 g/mol. The molecule has 0 heterocycles. The number of carbonyl (C=O) groups excluding carboxylic acids is 1. The Morgan fingerprint density at radius 1 is 1.54 bits per heavy atom. The van der Waals surface area contributed by atoms with E-state index >= 15 is 0 Å². The minimum Gasteiger partial charge on any atom is -0.383 e. The topological polar surface area (TPSA) is 41.6 Å². The molecule has 13 heavy (non-hydrogen) atoms. The molecule has 0 rings (SSSR count). The maximum atomic E-state index is 11.3. The van der Waals surface area contributed by atoms with Gasteiger partial charge in [0.1, 0.15) is 0 Å². The SMILES string of the molecule is CCCC(COC)NC(=O)N(C)C. The smallest absolute Gasteiger partial charge is 0.317 e. The minimum absolute atomic E-state index is 0.0597. The Balaban J connectivity index is 3.86. The maximum Gasteiger partial charge on any atom is 0.317 e. The number of carbonyl (C=O) groups is 1. The molecule has 0 aliphatic rings.